The Labute approximate surface area is 116 Å². The lowest BCUT2D eigenvalue weighted by Crippen LogP contribution is -2.37. The molecule has 0 aromatic heterocycles. The van der Waals surface area contributed by atoms with Gasteiger partial charge in [-0.1, -0.05) is 11.6 Å². The van der Waals surface area contributed by atoms with Gasteiger partial charge in [0.25, 0.3) is 0 Å². The third-order valence-electron chi connectivity index (χ3n) is 3.77. The summed E-state index contributed by atoms with van der Waals surface area (Å²) < 4.78 is 5.64. The molecule has 1 N–H and O–H groups in total. The molecule has 1 saturated heterocycles. The number of benzene rings is 1. The molecule has 0 radical (unpaired) electrons. The number of hydrogen-bond acceptors (Lipinski definition) is 3. The van der Waals surface area contributed by atoms with Gasteiger partial charge in [0.15, 0.2) is 0 Å². The van der Waals surface area contributed by atoms with E-state index in [-0.39, 0.29) is 11.9 Å². The Bertz CT molecular complexity index is 505. The van der Waals surface area contributed by atoms with E-state index in [1.807, 2.05) is 6.07 Å². The van der Waals surface area contributed by atoms with Crippen LogP contribution in [0.1, 0.15) is 30.9 Å². The fourth-order valence-electron chi connectivity index (χ4n) is 2.88. The highest BCUT2D eigenvalue weighted by Crippen LogP contribution is 2.39. The monoisotopic (exact) mass is 281 g/mol. The van der Waals surface area contributed by atoms with Gasteiger partial charge in [0.05, 0.1) is 18.8 Å². The Morgan fingerprint density at radius 2 is 2.26 bits per heavy atom. The molecule has 1 fully saturated rings. The summed E-state index contributed by atoms with van der Waals surface area (Å²) in [4.78, 5) is 13.7. The maximum atomic E-state index is 12.0. The van der Waals surface area contributed by atoms with Crippen molar-refractivity contribution >= 4 is 17.5 Å². The van der Waals surface area contributed by atoms with Crippen molar-refractivity contribution in [1.82, 2.24) is 4.90 Å². The van der Waals surface area contributed by atoms with E-state index in [4.69, 9.17) is 16.3 Å². The number of aliphatic hydroxyl groups is 1. The van der Waals surface area contributed by atoms with Gasteiger partial charge in [-0.2, -0.15) is 0 Å². The second-order valence-electron chi connectivity index (χ2n) is 5.02. The predicted molar refractivity (Wildman–Crippen MR) is 71.3 cm³/mol. The van der Waals surface area contributed by atoms with Gasteiger partial charge in [-0.3, -0.25) is 4.79 Å². The van der Waals surface area contributed by atoms with Crippen LogP contribution in [0.4, 0.5) is 0 Å². The molecule has 2 aliphatic rings. The summed E-state index contributed by atoms with van der Waals surface area (Å²) in [5, 5.41) is 10.9. The lowest BCUT2D eigenvalue weighted by molar-refractivity contribution is -0.132. The van der Waals surface area contributed by atoms with E-state index in [1.54, 1.807) is 17.0 Å². The highest BCUT2D eigenvalue weighted by molar-refractivity contribution is 6.30. The van der Waals surface area contributed by atoms with E-state index in [9.17, 15) is 9.90 Å². The number of carbonyl (C=O) groups is 1. The fourth-order valence-corrected chi connectivity index (χ4v) is 3.06. The molecule has 3 rings (SSSR count). The van der Waals surface area contributed by atoms with Gasteiger partial charge in [0.1, 0.15) is 5.75 Å². The molecule has 2 heterocycles. The number of amides is 1. The second kappa shape index (κ2) is 5.02. The topological polar surface area (TPSA) is 49.8 Å². The second-order valence-corrected chi connectivity index (χ2v) is 5.46. The van der Waals surface area contributed by atoms with E-state index < -0.39 is 6.10 Å². The first-order valence-electron chi connectivity index (χ1n) is 6.56. The van der Waals surface area contributed by atoms with Crippen molar-refractivity contribution in [2.75, 3.05) is 13.2 Å². The van der Waals surface area contributed by atoms with Gasteiger partial charge in [-0.15, -0.1) is 0 Å². The largest absolute Gasteiger partial charge is 0.493 e. The zero-order valence-corrected chi connectivity index (χ0v) is 11.3. The quantitative estimate of drug-likeness (QED) is 0.858. The molecule has 102 valence electrons. The summed E-state index contributed by atoms with van der Waals surface area (Å²) >= 11 is 6.05. The molecule has 0 aliphatic carbocycles. The minimum absolute atomic E-state index is 0.0943. The smallest absolute Gasteiger partial charge is 0.223 e. The molecule has 0 spiro atoms. The number of hydrogen-bond donors (Lipinski definition) is 1. The summed E-state index contributed by atoms with van der Waals surface area (Å²) in [6, 6.07) is 5.03. The molecule has 0 saturated carbocycles. The Morgan fingerprint density at radius 3 is 3.00 bits per heavy atom. The minimum atomic E-state index is -0.609. The summed E-state index contributed by atoms with van der Waals surface area (Å²) in [6.45, 7) is 1.14. The van der Waals surface area contributed by atoms with E-state index in [0.29, 0.717) is 36.8 Å². The molecule has 5 heteroatoms. The van der Waals surface area contributed by atoms with Crippen LogP contribution in [-0.2, 0) is 4.79 Å². The van der Waals surface area contributed by atoms with Crippen LogP contribution in [0, 0.1) is 0 Å². The fraction of sp³-hybridized carbons (Fsp3) is 0.500. The van der Waals surface area contributed by atoms with Gasteiger partial charge in [-0.05, 0) is 24.6 Å². The van der Waals surface area contributed by atoms with Crippen molar-refractivity contribution in [1.29, 1.82) is 0 Å². The van der Waals surface area contributed by atoms with Crippen LogP contribution in [0.25, 0.3) is 0 Å². The summed E-state index contributed by atoms with van der Waals surface area (Å²) in [5.74, 6) is 0.808. The molecule has 2 atom stereocenters. The lowest BCUT2D eigenvalue weighted by Gasteiger charge is -2.31. The van der Waals surface area contributed by atoms with Gasteiger partial charge in [0.2, 0.25) is 5.91 Å². The van der Waals surface area contributed by atoms with Crippen LogP contribution in [-0.4, -0.2) is 35.2 Å². The number of carbonyl (C=O) groups excluding carboxylic acids is 1. The maximum absolute atomic E-state index is 12.0. The molecule has 1 amide bonds. The van der Waals surface area contributed by atoms with Crippen LogP contribution in [0.15, 0.2) is 18.2 Å². The first-order valence-corrected chi connectivity index (χ1v) is 6.94. The molecule has 0 bridgehead atoms. The highest BCUT2D eigenvalue weighted by atomic mass is 35.5. The van der Waals surface area contributed by atoms with Crippen LogP contribution in [0.2, 0.25) is 5.02 Å². The third kappa shape index (κ3) is 2.30. The molecule has 2 aliphatic heterocycles. The zero-order chi connectivity index (χ0) is 13.4. The van der Waals surface area contributed by atoms with Gasteiger partial charge in [0, 0.05) is 30.0 Å². The van der Waals surface area contributed by atoms with E-state index in [2.05, 4.69) is 0 Å². The van der Waals surface area contributed by atoms with Gasteiger partial charge in [-0.25, -0.2) is 0 Å². The predicted octanol–water partition coefficient (Wildman–Crippen LogP) is 2.15. The van der Waals surface area contributed by atoms with Crippen LogP contribution >= 0.6 is 11.6 Å². The van der Waals surface area contributed by atoms with Crippen LogP contribution in [0.3, 0.4) is 0 Å². The van der Waals surface area contributed by atoms with Crippen LogP contribution < -0.4 is 4.74 Å². The number of fused-ring (bicyclic) bond motifs is 1. The molecule has 1 aromatic carbocycles. The van der Waals surface area contributed by atoms with Crippen molar-refractivity contribution < 1.29 is 14.6 Å². The molecular formula is C14H16ClNO3. The molecule has 0 unspecified atom stereocenters. The Kier molecular flexibility index (Phi) is 3.37. The Morgan fingerprint density at radius 1 is 1.42 bits per heavy atom. The van der Waals surface area contributed by atoms with E-state index in [0.717, 1.165) is 12.0 Å². The zero-order valence-electron chi connectivity index (χ0n) is 10.5. The molecule has 4 nitrogen and oxygen atoms in total. The average molecular weight is 282 g/mol. The standard InChI is InChI=1S/C14H16ClNO3/c15-9-3-4-12-10(8-9)14(11(17)5-7-19-12)16-6-1-2-13(16)18/h3-4,8,11,14,17H,1-2,5-7H2/t11-,14-/m1/s1. The number of aliphatic hydroxyl groups excluding tert-OH is 1. The number of nitrogens with zero attached hydrogens (tertiary/aromatic N) is 1. The number of ether oxygens (including phenoxy) is 1. The highest BCUT2D eigenvalue weighted by Gasteiger charge is 2.37. The van der Waals surface area contributed by atoms with Crippen molar-refractivity contribution in [3.05, 3.63) is 28.8 Å². The lowest BCUT2D eigenvalue weighted by atomic mass is 9.98. The summed E-state index contributed by atoms with van der Waals surface area (Å²) in [6.07, 6.45) is 1.31. The SMILES string of the molecule is O=C1CCCN1[C@@H]1c2cc(Cl)ccc2OCC[C@H]1O. The van der Waals surface area contributed by atoms with Gasteiger partial charge >= 0.3 is 0 Å². The van der Waals surface area contributed by atoms with Gasteiger partial charge < -0.3 is 14.7 Å². The van der Waals surface area contributed by atoms with Crippen LogP contribution in [0.5, 0.6) is 5.75 Å². The minimum Gasteiger partial charge on any atom is -0.493 e. The van der Waals surface area contributed by atoms with E-state index in [1.165, 1.54) is 0 Å². The average Bonchev–Trinajstić information content (AvgIpc) is 2.71. The Hall–Kier alpha value is -1.26. The van der Waals surface area contributed by atoms with E-state index >= 15 is 0 Å². The number of rotatable bonds is 1. The summed E-state index contributed by atoms with van der Waals surface area (Å²) in [7, 11) is 0. The normalized spacial score (nSPS) is 26.8. The first-order chi connectivity index (χ1) is 9.16. The molecular weight excluding hydrogens is 266 g/mol. The van der Waals surface area contributed by atoms with Crippen molar-refractivity contribution in [2.45, 2.75) is 31.4 Å². The summed E-state index contributed by atoms with van der Waals surface area (Å²) in [5.41, 5.74) is 0.813. The molecule has 19 heavy (non-hydrogen) atoms. The first kappa shape index (κ1) is 12.8. The molecule has 1 aromatic rings. The van der Waals surface area contributed by atoms with Crippen molar-refractivity contribution in [3.8, 4) is 5.75 Å². The van der Waals surface area contributed by atoms with Crippen molar-refractivity contribution in [3.63, 3.8) is 0 Å². The maximum Gasteiger partial charge on any atom is 0.223 e. The number of halogens is 1. The van der Waals surface area contributed by atoms with Crippen molar-refractivity contribution in [2.24, 2.45) is 0 Å². The number of likely N-dealkylation sites (tertiary alicyclic amines) is 1. The Balaban J connectivity index is 2.05. The third-order valence-corrected chi connectivity index (χ3v) is 4.01.